The summed E-state index contributed by atoms with van der Waals surface area (Å²) in [7, 11) is -0.0608. The molecule has 0 aliphatic heterocycles. The second kappa shape index (κ2) is 10.2. The van der Waals surface area contributed by atoms with Gasteiger partial charge >= 0.3 is 11.6 Å². The van der Waals surface area contributed by atoms with Gasteiger partial charge in [0.1, 0.15) is 5.69 Å². The van der Waals surface area contributed by atoms with Crippen LogP contribution in [0, 0.1) is 10.1 Å². The van der Waals surface area contributed by atoms with Gasteiger partial charge in [0, 0.05) is 20.1 Å². The summed E-state index contributed by atoms with van der Waals surface area (Å²) >= 11 is 0. The molecule has 30 heavy (non-hydrogen) atoms. The van der Waals surface area contributed by atoms with E-state index in [0.29, 0.717) is 31.7 Å². The lowest BCUT2D eigenvalue weighted by Gasteiger charge is -2.36. The smallest absolute Gasteiger partial charge is 0.353 e. The van der Waals surface area contributed by atoms with Crippen LogP contribution in [0.15, 0.2) is 0 Å². The van der Waals surface area contributed by atoms with Crippen LogP contribution in [0.3, 0.4) is 0 Å². The molecule has 1 aromatic rings. The lowest BCUT2D eigenvalue weighted by atomic mass is 9.93. The standard InChI is InChI=1S/C21H39N3O5Si/c1-8-18-19(24(25)26)20(22-23(18)16-10-12-17(27-5)13-11-16)28-14-9-15-29-30(6,7)21(2,3)4/h16-17H,8-15H2,1-7H3. The van der Waals surface area contributed by atoms with Crippen molar-refractivity contribution in [3.63, 3.8) is 0 Å². The van der Waals surface area contributed by atoms with E-state index in [2.05, 4.69) is 39.0 Å². The first-order valence-electron chi connectivity index (χ1n) is 11.1. The van der Waals surface area contributed by atoms with Crippen LogP contribution in [-0.2, 0) is 15.6 Å². The fourth-order valence-electron chi connectivity index (χ4n) is 3.65. The Morgan fingerprint density at radius 1 is 1.20 bits per heavy atom. The van der Waals surface area contributed by atoms with Crippen molar-refractivity contribution in [3.05, 3.63) is 15.8 Å². The highest BCUT2D eigenvalue weighted by atomic mass is 28.4. The normalized spacial score (nSPS) is 20.4. The van der Waals surface area contributed by atoms with Crippen molar-refractivity contribution in [2.24, 2.45) is 0 Å². The summed E-state index contributed by atoms with van der Waals surface area (Å²) in [6, 6.07) is 0.157. The summed E-state index contributed by atoms with van der Waals surface area (Å²) in [5, 5.41) is 16.5. The molecule has 8 nitrogen and oxygen atoms in total. The number of nitro groups is 1. The number of methoxy groups -OCH3 is 1. The van der Waals surface area contributed by atoms with Crippen molar-refractivity contribution in [1.29, 1.82) is 0 Å². The molecular formula is C21H39N3O5Si. The first-order valence-corrected chi connectivity index (χ1v) is 14.0. The third-order valence-corrected chi connectivity index (χ3v) is 11.1. The van der Waals surface area contributed by atoms with Crippen LogP contribution in [0.4, 0.5) is 5.69 Å². The summed E-state index contributed by atoms with van der Waals surface area (Å²) in [5.74, 6) is 0.137. The topological polar surface area (TPSA) is 88.7 Å². The molecule has 0 aromatic carbocycles. The number of aromatic nitrogens is 2. The van der Waals surface area contributed by atoms with Gasteiger partial charge in [-0.25, -0.2) is 0 Å². The molecule has 0 N–H and O–H groups in total. The number of hydrogen-bond acceptors (Lipinski definition) is 6. The molecule has 0 bridgehead atoms. The van der Waals surface area contributed by atoms with E-state index in [-0.39, 0.29) is 33.7 Å². The number of hydrogen-bond donors (Lipinski definition) is 0. The second-order valence-electron chi connectivity index (χ2n) is 9.63. The van der Waals surface area contributed by atoms with Gasteiger partial charge < -0.3 is 13.9 Å². The van der Waals surface area contributed by atoms with Crippen molar-refractivity contribution in [1.82, 2.24) is 9.78 Å². The van der Waals surface area contributed by atoms with Crippen LogP contribution in [0.1, 0.15) is 71.5 Å². The molecule has 1 heterocycles. The van der Waals surface area contributed by atoms with E-state index in [1.165, 1.54) is 0 Å². The van der Waals surface area contributed by atoms with Gasteiger partial charge in [0.05, 0.1) is 23.7 Å². The Hall–Kier alpha value is -1.45. The fraction of sp³-hybridized carbons (Fsp3) is 0.857. The Bertz CT molecular complexity index is 706. The average molecular weight is 442 g/mol. The minimum Gasteiger partial charge on any atom is -0.472 e. The molecule has 172 valence electrons. The lowest BCUT2D eigenvalue weighted by molar-refractivity contribution is -0.386. The van der Waals surface area contributed by atoms with Crippen LogP contribution < -0.4 is 4.74 Å². The maximum absolute atomic E-state index is 11.8. The average Bonchev–Trinajstić information content (AvgIpc) is 3.05. The van der Waals surface area contributed by atoms with E-state index in [1.807, 2.05) is 11.6 Å². The third-order valence-electron chi connectivity index (χ3n) is 6.59. The largest absolute Gasteiger partial charge is 0.472 e. The number of rotatable bonds is 10. The van der Waals surface area contributed by atoms with Crippen molar-refractivity contribution in [2.75, 3.05) is 20.3 Å². The quantitative estimate of drug-likeness (QED) is 0.212. The highest BCUT2D eigenvalue weighted by molar-refractivity contribution is 6.74. The maximum Gasteiger partial charge on any atom is 0.353 e. The Morgan fingerprint density at radius 3 is 2.33 bits per heavy atom. The molecule has 1 aliphatic carbocycles. The van der Waals surface area contributed by atoms with E-state index in [1.54, 1.807) is 7.11 Å². The zero-order valence-corrected chi connectivity index (χ0v) is 20.7. The van der Waals surface area contributed by atoms with Gasteiger partial charge in [0.25, 0.3) is 0 Å². The summed E-state index contributed by atoms with van der Waals surface area (Å²) in [6.45, 7) is 13.9. The third kappa shape index (κ3) is 5.82. The van der Waals surface area contributed by atoms with Gasteiger partial charge in [0.15, 0.2) is 8.32 Å². The van der Waals surface area contributed by atoms with Crippen molar-refractivity contribution in [2.45, 2.75) is 96.5 Å². The van der Waals surface area contributed by atoms with Crippen molar-refractivity contribution >= 4 is 14.0 Å². The molecular weight excluding hydrogens is 402 g/mol. The van der Waals surface area contributed by atoms with E-state index in [9.17, 15) is 10.1 Å². The molecule has 1 saturated carbocycles. The second-order valence-corrected chi connectivity index (χ2v) is 14.4. The molecule has 0 amide bonds. The van der Waals surface area contributed by atoms with Crippen LogP contribution in [-0.4, -0.2) is 49.4 Å². The number of ether oxygens (including phenoxy) is 2. The minimum absolute atomic E-state index is 0.0108. The molecule has 1 aromatic heterocycles. The summed E-state index contributed by atoms with van der Waals surface area (Å²) in [4.78, 5) is 11.4. The van der Waals surface area contributed by atoms with E-state index in [4.69, 9.17) is 13.9 Å². The molecule has 0 saturated heterocycles. The molecule has 0 atom stereocenters. The fourth-order valence-corrected chi connectivity index (χ4v) is 4.73. The summed E-state index contributed by atoms with van der Waals surface area (Å²) < 4.78 is 19.2. The monoisotopic (exact) mass is 441 g/mol. The highest BCUT2D eigenvalue weighted by Crippen LogP contribution is 2.38. The summed E-state index contributed by atoms with van der Waals surface area (Å²) in [5.41, 5.74) is 0.657. The zero-order chi connectivity index (χ0) is 22.5. The zero-order valence-electron chi connectivity index (χ0n) is 19.7. The van der Waals surface area contributed by atoms with Gasteiger partial charge in [0.2, 0.25) is 0 Å². The molecule has 0 unspecified atom stereocenters. The van der Waals surface area contributed by atoms with Crippen LogP contribution >= 0.6 is 0 Å². The first-order chi connectivity index (χ1) is 14.0. The number of nitrogens with zero attached hydrogens (tertiary/aromatic N) is 3. The Labute approximate surface area is 181 Å². The van der Waals surface area contributed by atoms with Crippen LogP contribution in [0.2, 0.25) is 18.1 Å². The van der Waals surface area contributed by atoms with Gasteiger partial charge in [-0.15, -0.1) is 5.10 Å². The Morgan fingerprint density at radius 2 is 1.83 bits per heavy atom. The van der Waals surface area contributed by atoms with Gasteiger partial charge in [-0.2, -0.15) is 0 Å². The predicted octanol–water partition coefficient (Wildman–Crippen LogP) is 5.27. The maximum atomic E-state index is 11.8. The molecule has 2 rings (SSSR count). The Balaban J connectivity index is 2.03. The van der Waals surface area contributed by atoms with Gasteiger partial charge in [-0.3, -0.25) is 14.8 Å². The highest BCUT2D eigenvalue weighted by Gasteiger charge is 2.37. The molecule has 1 fully saturated rings. The lowest BCUT2D eigenvalue weighted by Crippen LogP contribution is -2.41. The van der Waals surface area contributed by atoms with Crippen molar-refractivity contribution < 1.29 is 18.8 Å². The van der Waals surface area contributed by atoms with Crippen molar-refractivity contribution in [3.8, 4) is 5.88 Å². The first kappa shape index (κ1) is 24.8. The molecule has 9 heteroatoms. The SMILES string of the molecule is CCc1c([N+](=O)[O-])c(OCCCO[Si](C)(C)C(C)(C)C)nn1C1CCC(OC)CC1. The van der Waals surface area contributed by atoms with Crippen LogP contribution in [0.5, 0.6) is 5.88 Å². The Kier molecular flexibility index (Phi) is 8.47. The van der Waals surface area contributed by atoms with E-state index in [0.717, 1.165) is 25.7 Å². The molecule has 0 radical (unpaired) electrons. The van der Waals surface area contributed by atoms with Gasteiger partial charge in [-0.1, -0.05) is 27.7 Å². The van der Waals surface area contributed by atoms with E-state index >= 15 is 0 Å². The summed E-state index contributed by atoms with van der Waals surface area (Å²) in [6.07, 6.45) is 5.20. The predicted molar refractivity (Wildman–Crippen MR) is 120 cm³/mol. The van der Waals surface area contributed by atoms with Crippen LogP contribution in [0.25, 0.3) is 0 Å². The van der Waals surface area contributed by atoms with E-state index < -0.39 is 8.32 Å². The molecule has 0 spiro atoms. The van der Waals surface area contributed by atoms with Gasteiger partial charge in [-0.05, 0) is 50.2 Å². The molecule has 1 aliphatic rings. The minimum atomic E-state index is -1.80.